The first-order valence-electron chi connectivity index (χ1n) is 4.35. The third-order valence-corrected chi connectivity index (χ3v) is 1.80. The predicted octanol–water partition coefficient (Wildman–Crippen LogP) is 3.03. The van der Waals surface area contributed by atoms with Crippen LogP contribution < -0.4 is 0 Å². The molecule has 8 heteroatoms. The standard InChI is InChI=1S/C9H10F6O2/c1-4(2)6(16)17-5(3)8(11,12)7(10)9(13,14)15/h5,7H,1H2,2-3H3. The van der Waals surface area contributed by atoms with E-state index in [0.717, 1.165) is 6.92 Å². The summed E-state index contributed by atoms with van der Waals surface area (Å²) in [5.41, 5.74) is -0.282. The zero-order valence-corrected chi connectivity index (χ0v) is 8.95. The maximum atomic E-state index is 12.9. The molecule has 0 aliphatic carbocycles. The van der Waals surface area contributed by atoms with Crippen LogP contribution >= 0.6 is 0 Å². The van der Waals surface area contributed by atoms with E-state index in [4.69, 9.17) is 0 Å². The fourth-order valence-corrected chi connectivity index (χ4v) is 0.764. The summed E-state index contributed by atoms with van der Waals surface area (Å²) in [7, 11) is 0. The highest BCUT2D eigenvalue weighted by Crippen LogP contribution is 2.38. The van der Waals surface area contributed by atoms with Crippen LogP contribution in [0.1, 0.15) is 13.8 Å². The van der Waals surface area contributed by atoms with Gasteiger partial charge in [-0.05, 0) is 13.8 Å². The van der Waals surface area contributed by atoms with Crippen LogP contribution in [0.15, 0.2) is 12.2 Å². The van der Waals surface area contributed by atoms with Gasteiger partial charge in [0, 0.05) is 5.57 Å². The number of ether oxygens (including phenoxy) is 1. The molecule has 0 heterocycles. The Morgan fingerprint density at radius 1 is 1.24 bits per heavy atom. The Hall–Kier alpha value is -1.21. The summed E-state index contributed by atoms with van der Waals surface area (Å²) in [6, 6.07) is 0. The van der Waals surface area contributed by atoms with E-state index in [-0.39, 0.29) is 5.57 Å². The quantitative estimate of drug-likeness (QED) is 0.443. The number of hydrogen-bond donors (Lipinski definition) is 0. The summed E-state index contributed by atoms with van der Waals surface area (Å²) in [5.74, 6) is -6.17. The maximum absolute atomic E-state index is 12.9. The molecule has 0 aromatic heterocycles. The third-order valence-electron chi connectivity index (χ3n) is 1.80. The average molecular weight is 264 g/mol. The van der Waals surface area contributed by atoms with Crippen molar-refractivity contribution in [1.82, 2.24) is 0 Å². The van der Waals surface area contributed by atoms with Crippen LogP contribution in [0.2, 0.25) is 0 Å². The highest BCUT2D eigenvalue weighted by atomic mass is 19.4. The van der Waals surface area contributed by atoms with Gasteiger partial charge in [0.05, 0.1) is 0 Å². The topological polar surface area (TPSA) is 26.3 Å². The van der Waals surface area contributed by atoms with Crippen LogP contribution in [0, 0.1) is 0 Å². The molecule has 100 valence electrons. The molecule has 0 aromatic carbocycles. The second-order valence-electron chi connectivity index (χ2n) is 3.41. The summed E-state index contributed by atoms with van der Waals surface area (Å²) in [5, 5.41) is 0. The largest absolute Gasteiger partial charge is 0.453 e. The lowest BCUT2D eigenvalue weighted by molar-refractivity contribution is -0.267. The van der Waals surface area contributed by atoms with Gasteiger partial charge in [0.1, 0.15) is 0 Å². The van der Waals surface area contributed by atoms with Crippen molar-refractivity contribution in [3.8, 4) is 0 Å². The molecule has 0 saturated heterocycles. The fraction of sp³-hybridized carbons (Fsp3) is 0.667. The van der Waals surface area contributed by atoms with Gasteiger partial charge in [-0.15, -0.1) is 0 Å². The molecular formula is C9H10F6O2. The van der Waals surface area contributed by atoms with Gasteiger partial charge in [-0.2, -0.15) is 22.0 Å². The Morgan fingerprint density at radius 2 is 1.65 bits per heavy atom. The summed E-state index contributed by atoms with van der Waals surface area (Å²) in [4.78, 5) is 10.8. The molecule has 0 N–H and O–H groups in total. The summed E-state index contributed by atoms with van der Waals surface area (Å²) >= 11 is 0. The number of halogens is 6. The average Bonchev–Trinajstić information content (AvgIpc) is 2.14. The number of esters is 1. The minimum Gasteiger partial charge on any atom is -0.453 e. The van der Waals surface area contributed by atoms with E-state index in [1.54, 1.807) is 0 Å². The van der Waals surface area contributed by atoms with Crippen molar-refractivity contribution in [1.29, 1.82) is 0 Å². The Kier molecular flexibility index (Phi) is 4.62. The van der Waals surface area contributed by atoms with Crippen molar-refractivity contribution in [2.45, 2.75) is 38.2 Å². The van der Waals surface area contributed by atoms with Crippen LogP contribution in [0.25, 0.3) is 0 Å². The molecule has 2 atom stereocenters. The van der Waals surface area contributed by atoms with Crippen molar-refractivity contribution in [2.24, 2.45) is 0 Å². The van der Waals surface area contributed by atoms with Crippen LogP contribution in [0.4, 0.5) is 26.3 Å². The predicted molar refractivity (Wildman–Crippen MR) is 46.3 cm³/mol. The Bertz CT molecular complexity index is 309. The summed E-state index contributed by atoms with van der Waals surface area (Å²) in [6.45, 7) is 4.63. The van der Waals surface area contributed by atoms with Crippen LogP contribution in [-0.4, -0.2) is 30.3 Å². The minimum atomic E-state index is -5.73. The lowest BCUT2D eigenvalue weighted by Crippen LogP contribution is -2.50. The molecule has 0 aromatic rings. The van der Waals surface area contributed by atoms with Gasteiger partial charge in [0.25, 0.3) is 6.17 Å². The lowest BCUT2D eigenvalue weighted by Gasteiger charge is -2.27. The first-order valence-corrected chi connectivity index (χ1v) is 4.35. The van der Waals surface area contributed by atoms with Gasteiger partial charge in [-0.25, -0.2) is 9.18 Å². The van der Waals surface area contributed by atoms with E-state index in [0.29, 0.717) is 6.92 Å². The van der Waals surface area contributed by atoms with E-state index >= 15 is 0 Å². The molecule has 2 unspecified atom stereocenters. The van der Waals surface area contributed by atoms with Crippen molar-refractivity contribution in [3.05, 3.63) is 12.2 Å². The number of rotatable bonds is 4. The zero-order valence-electron chi connectivity index (χ0n) is 8.95. The Balaban J connectivity index is 4.82. The second kappa shape index (κ2) is 4.97. The number of hydrogen-bond acceptors (Lipinski definition) is 2. The van der Waals surface area contributed by atoms with Crippen molar-refractivity contribution in [3.63, 3.8) is 0 Å². The molecule has 0 bridgehead atoms. The molecule has 2 nitrogen and oxygen atoms in total. The molecule has 0 saturated carbocycles. The lowest BCUT2D eigenvalue weighted by atomic mass is 10.1. The minimum absolute atomic E-state index is 0.282. The smallest absolute Gasteiger partial charge is 0.425 e. The number of carbonyl (C=O) groups is 1. The highest BCUT2D eigenvalue weighted by molar-refractivity contribution is 5.87. The van der Waals surface area contributed by atoms with Gasteiger partial charge in [0.15, 0.2) is 6.10 Å². The summed E-state index contributed by atoms with van der Waals surface area (Å²) in [6.07, 6.45) is -12.7. The first-order chi connectivity index (χ1) is 7.40. The van der Waals surface area contributed by atoms with Crippen LogP contribution in [0.5, 0.6) is 0 Å². The number of alkyl halides is 6. The van der Waals surface area contributed by atoms with Gasteiger partial charge in [-0.3, -0.25) is 0 Å². The molecule has 0 amide bonds. The second-order valence-corrected chi connectivity index (χ2v) is 3.41. The van der Waals surface area contributed by atoms with Gasteiger partial charge >= 0.3 is 18.1 Å². The molecule has 17 heavy (non-hydrogen) atoms. The van der Waals surface area contributed by atoms with Crippen molar-refractivity contribution < 1.29 is 35.9 Å². The third kappa shape index (κ3) is 3.94. The van der Waals surface area contributed by atoms with E-state index < -0.39 is 30.3 Å². The zero-order chi connectivity index (χ0) is 14.0. The first kappa shape index (κ1) is 15.8. The van der Waals surface area contributed by atoms with Crippen LogP contribution in [0.3, 0.4) is 0 Å². The molecule has 0 aliphatic heterocycles. The Morgan fingerprint density at radius 3 is 1.94 bits per heavy atom. The van der Waals surface area contributed by atoms with Crippen LogP contribution in [-0.2, 0) is 9.53 Å². The monoisotopic (exact) mass is 264 g/mol. The van der Waals surface area contributed by atoms with Gasteiger partial charge < -0.3 is 4.74 Å². The SMILES string of the molecule is C=C(C)C(=O)OC(C)C(F)(F)C(F)C(F)(F)F. The van der Waals surface area contributed by atoms with E-state index in [2.05, 4.69) is 11.3 Å². The van der Waals surface area contributed by atoms with E-state index in [1.165, 1.54) is 0 Å². The van der Waals surface area contributed by atoms with Gasteiger partial charge in [0.2, 0.25) is 0 Å². The van der Waals surface area contributed by atoms with Crippen molar-refractivity contribution >= 4 is 5.97 Å². The molecule has 0 radical (unpaired) electrons. The molecule has 0 rings (SSSR count). The van der Waals surface area contributed by atoms with Gasteiger partial charge in [-0.1, -0.05) is 6.58 Å². The highest BCUT2D eigenvalue weighted by Gasteiger charge is 2.60. The van der Waals surface area contributed by atoms with E-state index in [9.17, 15) is 31.1 Å². The van der Waals surface area contributed by atoms with E-state index in [1.807, 2.05) is 0 Å². The molecule has 0 fully saturated rings. The van der Waals surface area contributed by atoms with Crippen molar-refractivity contribution in [2.75, 3.05) is 0 Å². The number of carbonyl (C=O) groups excluding carboxylic acids is 1. The maximum Gasteiger partial charge on any atom is 0.425 e. The Labute approximate surface area is 93.2 Å². The molecule has 0 aliphatic rings. The summed E-state index contributed by atoms with van der Waals surface area (Å²) < 4.78 is 77.7. The molecular weight excluding hydrogens is 254 g/mol. The normalized spacial score (nSPS) is 16.2. The molecule has 0 spiro atoms. The fourth-order valence-electron chi connectivity index (χ4n) is 0.764.